The molecular weight excluding hydrogens is 368 g/mol. The fourth-order valence-electron chi connectivity index (χ4n) is 3.25. The lowest BCUT2D eigenvalue weighted by atomic mass is 9.84. The number of guanidine groups is 1. The van der Waals surface area contributed by atoms with Crippen LogP contribution in [0.5, 0.6) is 0 Å². The van der Waals surface area contributed by atoms with Crippen LogP contribution in [0.15, 0.2) is 33.7 Å². The van der Waals surface area contributed by atoms with Gasteiger partial charge in [-0.1, -0.05) is 40.9 Å². The smallest absolute Gasteiger partial charge is 0.230 e. The third-order valence-corrected chi connectivity index (χ3v) is 5.14. The molecule has 1 aliphatic carbocycles. The van der Waals surface area contributed by atoms with Gasteiger partial charge in [-0.05, 0) is 30.5 Å². The molecule has 1 saturated carbocycles. The molecule has 1 fully saturated rings. The Hall–Kier alpha value is -1.56. The predicted molar refractivity (Wildman–Crippen MR) is 102 cm³/mol. The Kier molecular flexibility index (Phi) is 6.66. The second kappa shape index (κ2) is 8.51. The zero-order valence-electron chi connectivity index (χ0n) is 14.7. The summed E-state index contributed by atoms with van der Waals surface area (Å²) < 4.78 is 1.07. The van der Waals surface area contributed by atoms with Crippen molar-refractivity contribution in [3.05, 3.63) is 34.3 Å². The minimum atomic E-state index is -0.293. The van der Waals surface area contributed by atoms with Gasteiger partial charge in [-0.3, -0.25) is 9.79 Å². The first-order chi connectivity index (χ1) is 11.5. The molecular formula is C18H27BrN4O. The lowest BCUT2D eigenvalue weighted by Gasteiger charge is -2.31. The molecule has 6 heteroatoms. The summed E-state index contributed by atoms with van der Waals surface area (Å²) >= 11 is 3.44. The van der Waals surface area contributed by atoms with E-state index in [1.54, 1.807) is 11.9 Å². The summed E-state index contributed by atoms with van der Waals surface area (Å²) in [5.74, 6) is 0.951. The van der Waals surface area contributed by atoms with E-state index in [0.717, 1.165) is 36.1 Å². The molecule has 0 bridgehead atoms. The molecule has 2 N–H and O–H groups in total. The van der Waals surface area contributed by atoms with Crippen molar-refractivity contribution in [2.45, 2.75) is 32.2 Å². The van der Waals surface area contributed by atoms with E-state index in [2.05, 4.69) is 43.7 Å². The Morgan fingerprint density at radius 2 is 1.83 bits per heavy atom. The summed E-state index contributed by atoms with van der Waals surface area (Å²) in [6.45, 7) is 1.33. The minimum Gasteiger partial charge on any atom is -0.355 e. The number of carbonyl (C=O) groups is 1. The Bertz CT molecular complexity index is 577. The summed E-state index contributed by atoms with van der Waals surface area (Å²) in [4.78, 5) is 18.6. The molecule has 2 rings (SSSR count). The zero-order chi connectivity index (χ0) is 17.6. The predicted octanol–water partition coefficient (Wildman–Crippen LogP) is 2.76. The summed E-state index contributed by atoms with van der Waals surface area (Å²) in [5, 5.41) is 6.66. The fourth-order valence-corrected chi connectivity index (χ4v) is 3.52. The highest BCUT2D eigenvalue weighted by Gasteiger charge is 2.42. The van der Waals surface area contributed by atoms with Gasteiger partial charge in [-0.2, -0.15) is 0 Å². The first kappa shape index (κ1) is 18.8. The number of nitrogens with one attached hydrogen (secondary N) is 2. The molecule has 1 aromatic rings. The van der Waals surface area contributed by atoms with Crippen LogP contribution in [0, 0.1) is 5.41 Å². The maximum atomic E-state index is 12.6. The second-order valence-electron chi connectivity index (χ2n) is 6.59. The van der Waals surface area contributed by atoms with E-state index < -0.39 is 0 Å². The third kappa shape index (κ3) is 4.72. The second-order valence-corrected chi connectivity index (χ2v) is 7.51. The Morgan fingerprint density at radius 3 is 2.38 bits per heavy atom. The van der Waals surface area contributed by atoms with Crippen molar-refractivity contribution in [2.24, 2.45) is 10.4 Å². The first-order valence-corrected chi connectivity index (χ1v) is 9.17. The van der Waals surface area contributed by atoms with Crippen LogP contribution in [0.25, 0.3) is 0 Å². The van der Waals surface area contributed by atoms with Gasteiger partial charge in [0, 0.05) is 38.7 Å². The van der Waals surface area contributed by atoms with Crippen LogP contribution < -0.4 is 10.6 Å². The van der Waals surface area contributed by atoms with Gasteiger partial charge in [0.15, 0.2) is 5.96 Å². The highest BCUT2D eigenvalue weighted by atomic mass is 79.9. The SMILES string of the molecule is CN=C(NCc1ccc(Br)cc1)NCC1(C(=O)N(C)C)CCCC1. The summed E-state index contributed by atoms with van der Waals surface area (Å²) in [7, 11) is 5.43. The molecule has 132 valence electrons. The molecule has 0 heterocycles. The molecule has 1 aliphatic rings. The van der Waals surface area contributed by atoms with Gasteiger partial charge in [0.25, 0.3) is 0 Å². The van der Waals surface area contributed by atoms with E-state index in [4.69, 9.17) is 0 Å². The number of rotatable bonds is 5. The van der Waals surface area contributed by atoms with Gasteiger partial charge in [-0.25, -0.2) is 0 Å². The van der Waals surface area contributed by atoms with Crippen LogP contribution in [-0.2, 0) is 11.3 Å². The number of carbonyl (C=O) groups excluding carboxylic acids is 1. The summed E-state index contributed by atoms with van der Waals surface area (Å²) in [6.07, 6.45) is 4.12. The topological polar surface area (TPSA) is 56.7 Å². The molecule has 0 radical (unpaired) electrons. The lowest BCUT2D eigenvalue weighted by Crippen LogP contribution is -2.49. The van der Waals surface area contributed by atoms with E-state index in [1.807, 2.05) is 26.2 Å². The maximum absolute atomic E-state index is 12.6. The molecule has 1 amide bonds. The number of hydrogen-bond donors (Lipinski definition) is 2. The van der Waals surface area contributed by atoms with E-state index in [1.165, 1.54) is 5.56 Å². The Labute approximate surface area is 153 Å². The first-order valence-electron chi connectivity index (χ1n) is 8.37. The normalized spacial score (nSPS) is 16.8. The molecule has 0 aromatic heterocycles. The van der Waals surface area contributed by atoms with Gasteiger partial charge in [0.1, 0.15) is 0 Å². The summed E-state index contributed by atoms with van der Waals surface area (Å²) in [6, 6.07) is 8.18. The number of hydrogen-bond acceptors (Lipinski definition) is 2. The number of amides is 1. The Balaban J connectivity index is 1.92. The van der Waals surface area contributed by atoms with Crippen LogP contribution >= 0.6 is 15.9 Å². The van der Waals surface area contributed by atoms with Gasteiger partial charge in [-0.15, -0.1) is 0 Å². The number of nitrogens with zero attached hydrogens (tertiary/aromatic N) is 2. The van der Waals surface area contributed by atoms with Crippen molar-refractivity contribution in [1.82, 2.24) is 15.5 Å². The van der Waals surface area contributed by atoms with Crippen LogP contribution in [0.1, 0.15) is 31.2 Å². The fraction of sp³-hybridized carbons (Fsp3) is 0.556. The summed E-state index contributed by atoms with van der Waals surface area (Å²) in [5.41, 5.74) is 0.889. The van der Waals surface area contributed by atoms with Crippen molar-refractivity contribution >= 4 is 27.8 Å². The van der Waals surface area contributed by atoms with E-state index in [9.17, 15) is 4.79 Å². The third-order valence-electron chi connectivity index (χ3n) is 4.61. The van der Waals surface area contributed by atoms with Gasteiger partial charge >= 0.3 is 0 Å². The number of halogens is 1. The average Bonchev–Trinajstić information content (AvgIpc) is 3.06. The highest BCUT2D eigenvalue weighted by Crippen LogP contribution is 2.38. The molecule has 5 nitrogen and oxygen atoms in total. The van der Waals surface area contributed by atoms with Crippen LogP contribution in [0.2, 0.25) is 0 Å². The van der Waals surface area contributed by atoms with Crippen molar-refractivity contribution in [2.75, 3.05) is 27.7 Å². The number of aliphatic imine (C=N–C) groups is 1. The van der Waals surface area contributed by atoms with Crippen molar-refractivity contribution in [3.63, 3.8) is 0 Å². The van der Waals surface area contributed by atoms with Gasteiger partial charge < -0.3 is 15.5 Å². The average molecular weight is 395 g/mol. The molecule has 0 spiro atoms. The standard InChI is InChI=1S/C18H27BrN4O/c1-20-17(21-12-14-6-8-15(19)9-7-14)22-13-18(10-4-5-11-18)16(24)23(2)3/h6-9H,4-5,10-13H2,1-3H3,(H2,20,21,22). The number of benzene rings is 1. The molecule has 0 unspecified atom stereocenters. The van der Waals surface area contributed by atoms with Gasteiger partial charge in [0.05, 0.1) is 5.41 Å². The van der Waals surface area contributed by atoms with Crippen LogP contribution in [0.4, 0.5) is 0 Å². The quantitative estimate of drug-likeness (QED) is 0.596. The van der Waals surface area contributed by atoms with Crippen LogP contribution in [0.3, 0.4) is 0 Å². The molecule has 0 aliphatic heterocycles. The van der Waals surface area contributed by atoms with E-state index >= 15 is 0 Å². The van der Waals surface area contributed by atoms with Gasteiger partial charge in [0.2, 0.25) is 5.91 Å². The van der Waals surface area contributed by atoms with Crippen molar-refractivity contribution < 1.29 is 4.79 Å². The van der Waals surface area contributed by atoms with E-state index in [-0.39, 0.29) is 11.3 Å². The highest BCUT2D eigenvalue weighted by molar-refractivity contribution is 9.10. The molecule has 0 saturated heterocycles. The lowest BCUT2D eigenvalue weighted by molar-refractivity contribution is -0.138. The monoisotopic (exact) mass is 394 g/mol. The largest absolute Gasteiger partial charge is 0.355 e. The molecule has 1 aromatic carbocycles. The Morgan fingerprint density at radius 1 is 1.21 bits per heavy atom. The van der Waals surface area contributed by atoms with E-state index in [0.29, 0.717) is 13.1 Å². The minimum absolute atomic E-state index is 0.218. The molecule has 0 atom stereocenters. The van der Waals surface area contributed by atoms with Crippen molar-refractivity contribution in [3.8, 4) is 0 Å². The van der Waals surface area contributed by atoms with Crippen LogP contribution in [-0.4, -0.2) is 44.5 Å². The van der Waals surface area contributed by atoms with Crippen molar-refractivity contribution in [1.29, 1.82) is 0 Å². The molecule has 24 heavy (non-hydrogen) atoms. The zero-order valence-corrected chi connectivity index (χ0v) is 16.3. The maximum Gasteiger partial charge on any atom is 0.230 e.